The number of aromatic amines is 1. The molecule has 2 nitrogen and oxygen atoms in total. The lowest BCUT2D eigenvalue weighted by atomic mass is 10.0. The van der Waals surface area contributed by atoms with Crippen LogP contribution in [0.3, 0.4) is 0 Å². The number of halogens is 3. The van der Waals surface area contributed by atoms with Gasteiger partial charge in [0.05, 0.1) is 10.0 Å². The third-order valence-corrected chi connectivity index (χ3v) is 4.71. The van der Waals surface area contributed by atoms with Gasteiger partial charge in [-0.1, -0.05) is 35.3 Å². The summed E-state index contributed by atoms with van der Waals surface area (Å²) in [4.78, 5) is 15.7. The Balaban J connectivity index is 2.21. The molecule has 5 heteroatoms. The Morgan fingerprint density at radius 2 is 1.80 bits per heavy atom. The summed E-state index contributed by atoms with van der Waals surface area (Å²) in [5.74, 6) is -0.157. The highest BCUT2D eigenvalue weighted by Gasteiger charge is 2.19. The third kappa shape index (κ3) is 2.16. The van der Waals surface area contributed by atoms with Gasteiger partial charge in [-0.3, -0.25) is 4.79 Å². The zero-order chi connectivity index (χ0) is 14.3. The molecule has 0 saturated carbocycles. The Hall–Kier alpha value is -1.29. The SMILES string of the molecule is O=C(c1cccc(Br)c1Cl)c1c[nH]c2cccc(Cl)c12. The van der Waals surface area contributed by atoms with Gasteiger partial charge in [0.2, 0.25) is 0 Å². The molecule has 0 unspecified atom stereocenters. The molecule has 0 amide bonds. The van der Waals surface area contributed by atoms with Crippen molar-refractivity contribution in [2.24, 2.45) is 0 Å². The zero-order valence-corrected chi connectivity index (χ0v) is 13.2. The maximum absolute atomic E-state index is 12.7. The lowest BCUT2D eigenvalue weighted by molar-refractivity contribution is 0.104. The van der Waals surface area contributed by atoms with Gasteiger partial charge in [0.25, 0.3) is 0 Å². The molecule has 0 spiro atoms. The summed E-state index contributed by atoms with van der Waals surface area (Å²) in [5, 5.41) is 1.66. The number of H-pyrrole nitrogens is 1. The summed E-state index contributed by atoms with van der Waals surface area (Å²) in [5.41, 5.74) is 1.79. The summed E-state index contributed by atoms with van der Waals surface area (Å²) >= 11 is 15.7. The van der Waals surface area contributed by atoms with E-state index in [2.05, 4.69) is 20.9 Å². The smallest absolute Gasteiger partial charge is 0.196 e. The molecule has 0 aliphatic rings. The molecule has 0 aliphatic carbocycles. The molecule has 20 heavy (non-hydrogen) atoms. The third-order valence-electron chi connectivity index (χ3n) is 3.10. The molecule has 1 heterocycles. The largest absolute Gasteiger partial charge is 0.360 e. The van der Waals surface area contributed by atoms with Gasteiger partial charge in [-0.15, -0.1) is 0 Å². The number of carbonyl (C=O) groups excluding carboxylic acids is 1. The van der Waals surface area contributed by atoms with Crippen molar-refractivity contribution in [2.45, 2.75) is 0 Å². The number of rotatable bonds is 2. The number of benzene rings is 2. The van der Waals surface area contributed by atoms with Gasteiger partial charge in [0, 0.05) is 32.7 Å². The van der Waals surface area contributed by atoms with Gasteiger partial charge in [-0.25, -0.2) is 0 Å². The topological polar surface area (TPSA) is 32.9 Å². The van der Waals surface area contributed by atoms with Crippen LogP contribution in [0, 0.1) is 0 Å². The second-order valence-electron chi connectivity index (χ2n) is 4.30. The van der Waals surface area contributed by atoms with Crippen molar-refractivity contribution in [2.75, 3.05) is 0 Å². The van der Waals surface area contributed by atoms with Crippen LogP contribution in [-0.4, -0.2) is 10.8 Å². The van der Waals surface area contributed by atoms with Crippen LogP contribution in [0.25, 0.3) is 10.9 Å². The number of carbonyl (C=O) groups is 1. The number of hydrogen-bond donors (Lipinski definition) is 1. The Labute approximate surface area is 133 Å². The lowest BCUT2D eigenvalue weighted by Crippen LogP contribution is -2.01. The van der Waals surface area contributed by atoms with Gasteiger partial charge < -0.3 is 4.98 Å². The van der Waals surface area contributed by atoms with E-state index < -0.39 is 0 Å². The second-order valence-corrected chi connectivity index (χ2v) is 5.93. The molecule has 3 aromatic rings. The van der Waals surface area contributed by atoms with Crippen LogP contribution >= 0.6 is 39.1 Å². The predicted molar refractivity (Wildman–Crippen MR) is 85.9 cm³/mol. The first-order valence-corrected chi connectivity index (χ1v) is 7.39. The van der Waals surface area contributed by atoms with Gasteiger partial charge in [-0.2, -0.15) is 0 Å². The Morgan fingerprint density at radius 3 is 2.60 bits per heavy atom. The van der Waals surface area contributed by atoms with Crippen LogP contribution in [0.5, 0.6) is 0 Å². The van der Waals surface area contributed by atoms with Crippen LogP contribution in [0.4, 0.5) is 0 Å². The van der Waals surface area contributed by atoms with E-state index in [1.165, 1.54) is 0 Å². The summed E-state index contributed by atoms with van der Waals surface area (Å²) < 4.78 is 0.691. The molecular weight excluding hydrogens is 361 g/mol. The molecule has 0 saturated heterocycles. The maximum atomic E-state index is 12.7. The molecule has 0 atom stereocenters. The molecule has 100 valence electrons. The first-order chi connectivity index (χ1) is 9.59. The predicted octanol–water partition coefficient (Wildman–Crippen LogP) is 5.47. The minimum Gasteiger partial charge on any atom is -0.360 e. The zero-order valence-electron chi connectivity index (χ0n) is 10.1. The molecule has 3 rings (SSSR count). The molecule has 0 aliphatic heterocycles. The van der Waals surface area contributed by atoms with E-state index in [9.17, 15) is 4.79 Å². The summed E-state index contributed by atoms with van der Waals surface area (Å²) in [6, 6.07) is 10.7. The van der Waals surface area contributed by atoms with E-state index in [0.717, 1.165) is 10.9 Å². The van der Waals surface area contributed by atoms with E-state index in [0.29, 0.717) is 25.6 Å². The molecule has 0 bridgehead atoms. The summed E-state index contributed by atoms with van der Waals surface area (Å²) in [6.07, 6.45) is 1.66. The van der Waals surface area contributed by atoms with Crippen molar-refractivity contribution >= 4 is 55.8 Å². The Morgan fingerprint density at radius 1 is 1.05 bits per heavy atom. The van der Waals surface area contributed by atoms with Crippen molar-refractivity contribution in [3.05, 3.63) is 68.2 Å². The number of nitrogens with one attached hydrogen (secondary N) is 1. The number of ketones is 1. The normalized spacial score (nSPS) is 10.9. The molecule has 0 radical (unpaired) electrons. The molecule has 1 aromatic heterocycles. The number of fused-ring (bicyclic) bond motifs is 1. The fourth-order valence-electron chi connectivity index (χ4n) is 2.14. The van der Waals surface area contributed by atoms with Crippen molar-refractivity contribution in [1.29, 1.82) is 0 Å². The van der Waals surface area contributed by atoms with E-state index in [1.54, 1.807) is 30.5 Å². The van der Waals surface area contributed by atoms with Crippen LogP contribution in [-0.2, 0) is 0 Å². The van der Waals surface area contributed by atoms with E-state index >= 15 is 0 Å². The molecule has 1 N–H and O–H groups in total. The highest BCUT2D eigenvalue weighted by Crippen LogP contribution is 2.32. The lowest BCUT2D eigenvalue weighted by Gasteiger charge is -2.05. The van der Waals surface area contributed by atoms with Crippen molar-refractivity contribution in [1.82, 2.24) is 4.98 Å². The fourth-order valence-corrected chi connectivity index (χ4v) is 3.00. The number of aromatic nitrogens is 1. The minimum absolute atomic E-state index is 0.157. The average Bonchev–Trinajstić information content (AvgIpc) is 2.86. The molecule has 0 fully saturated rings. The first kappa shape index (κ1) is 13.7. The van der Waals surface area contributed by atoms with Crippen LogP contribution < -0.4 is 0 Å². The van der Waals surface area contributed by atoms with E-state index in [1.807, 2.05) is 12.1 Å². The Kier molecular flexibility index (Phi) is 3.59. The standard InChI is InChI=1S/C15H8BrCl2NO/c16-10-4-1-3-8(14(10)18)15(20)9-7-19-12-6-2-5-11(17)13(9)12/h1-7,19H. The van der Waals surface area contributed by atoms with Gasteiger partial charge in [-0.05, 0) is 40.2 Å². The highest BCUT2D eigenvalue weighted by molar-refractivity contribution is 9.10. The average molecular weight is 369 g/mol. The van der Waals surface area contributed by atoms with Gasteiger partial charge >= 0.3 is 0 Å². The summed E-state index contributed by atoms with van der Waals surface area (Å²) in [6.45, 7) is 0. The highest BCUT2D eigenvalue weighted by atomic mass is 79.9. The van der Waals surface area contributed by atoms with Gasteiger partial charge in [0.1, 0.15) is 0 Å². The van der Waals surface area contributed by atoms with E-state index in [-0.39, 0.29) is 5.78 Å². The van der Waals surface area contributed by atoms with Crippen molar-refractivity contribution in [3.63, 3.8) is 0 Å². The monoisotopic (exact) mass is 367 g/mol. The van der Waals surface area contributed by atoms with Crippen LogP contribution in [0.15, 0.2) is 47.1 Å². The van der Waals surface area contributed by atoms with Crippen molar-refractivity contribution < 1.29 is 4.79 Å². The minimum atomic E-state index is -0.157. The maximum Gasteiger partial charge on any atom is 0.196 e. The summed E-state index contributed by atoms with van der Waals surface area (Å²) in [7, 11) is 0. The van der Waals surface area contributed by atoms with Crippen LogP contribution in [0.1, 0.15) is 15.9 Å². The first-order valence-electron chi connectivity index (χ1n) is 5.84. The van der Waals surface area contributed by atoms with Crippen molar-refractivity contribution in [3.8, 4) is 0 Å². The molecule has 2 aromatic carbocycles. The Bertz CT molecular complexity index is 826. The number of hydrogen-bond acceptors (Lipinski definition) is 1. The molecular formula is C15H8BrCl2NO. The van der Waals surface area contributed by atoms with Crippen LogP contribution in [0.2, 0.25) is 10.0 Å². The second kappa shape index (κ2) is 5.24. The van der Waals surface area contributed by atoms with Gasteiger partial charge in [0.15, 0.2) is 5.78 Å². The fraction of sp³-hybridized carbons (Fsp3) is 0. The quantitative estimate of drug-likeness (QED) is 0.598. The van der Waals surface area contributed by atoms with E-state index in [4.69, 9.17) is 23.2 Å².